The summed E-state index contributed by atoms with van der Waals surface area (Å²) < 4.78 is 5.48. The third kappa shape index (κ3) is 3.75. The van der Waals surface area contributed by atoms with Crippen molar-refractivity contribution in [1.29, 1.82) is 0 Å². The third-order valence-electron chi connectivity index (χ3n) is 2.85. The fraction of sp³-hybridized carbons (Fsp3) is 0.188. The first-order valence-electron chi connectivity index (χ1n) is 6.30. The number of aryl methyl sites for hydroxylation is 2. The van der Waals surface area contributed by atoms with Crippen LogP contribution in [0, 0.1) is 13.8 Å². The molecule has 0 aliphatic heterocycles. The zero-order valence-corrected chi connectivity index (χ0v) is 12.2. The van der Waals surface area contributed by atoms with E-state index in [1.807, 2.05) is 44.2 Å². The number of hydrogen-bond acceptors (Lipinski definition) is 2. The lowest BCUT2D eigenvalue weighted by Crippen LogP contribution is -2.20. The van der Waals surface area contributed by atoms with E-state index in [9.17, 15) is 4.79 Å². The first-order valence-corrected chi connectivity index (χ1v) is 6.68. The highest BCUT2D eigenvalue weighted by atomic mass is 35.5. The first-order chi connectivity index (χ1) is 9.56. The molecule has 0 aliphatic rings. The van der Waals surface area contributed by atoms with Gasteiger partial charge in [-0.3, -0.25) is 4.79 Å². The van der Waals surface area contributed by atoms with E-state index in [0.717, 1.165) is 11.1 Å². The Morgan fingerprint density at radius 3 is 2.65 bits per heavy atom. The topological polar surface area (TPSA) is 38.3 Å². The third-order valence-corrected chi connectivity index (χ3v) is 3.16. The Morgan fingerprint density at radius 2 is 1.95 bits per heavy atom. The van der Waals surface area contributed by atoms with Crippen molar-refractivity contribution in [3.8, 4) is 5.75 Å². The number of ether oxygens (including phenoxy) is 1. The summed E-state index contributed by atoms with van der Waals surface area (Å²) in [7, 11) is 0. The number of rotatable bonds is 4. The number of carbonyl (C=O) groups excluding carboxylic acids is 1. The summed E-state index contributed by atoms with van der Waals surface area (Å²) in [5.74, 6) is 0.469. The van der Waals surface area contributed by atoms with Crippen LogP contribution < -0.4 is 10.1 Å². The Hall–Kier alpha value is -2.00. The molecule has 1 amide bonds. The molecule has 20 heavy (non-hydrogen) atoms. The lowest BCUT2D eigenvalue weighted by molar-refractivity contribution is -0.118. The highest BCUT2D eigenvalue weighted by Gasteiger charge is 2.07. The van der Waals surface area contributed by atoms with Gasteiger partial charge in [-0.05, 0) is 43.2 Å². The highest BCUT2D eigenvalue weighted by Crippen LogP contribution is 2.22. The first kappa shape index (κ1) is 14.4. The van der Waals surface area contributed by atoms with Crippen LogP contribution in [-0.4, -0.2) is 12.5 Å². The largest absolute Gasteiger partial charge is 0.483 e. The van der Waals surface area contributed by atoms with Gasteiger partial charge in [-0.25, -0.2) is 0 Å². The van der Waals surface area contributed by atoms with Gasteiger partial charge in [0.1, 0.15) is 5.75 Å². The molecule has 0 fully saturated rings. The van der Waals surface area contributed by atoms with Crippen LogP contribution in [0.4, 0.5) is 5.69 Å². The van der Waals surface area contributed by atoms with Crippen LogP contribution in [-0.2, 0) is 4.79 Å². The number of para-hydroxylation sites is 1. The van der Waals surface area contributed by atoms with Crippen molar-refractivity contribution in [2.75, 3.05) is 11.9 Å². The molecule has 2 aromatic rings. The number of amides is 1. The molecular formula is C16H16ClNO2. The smallest absolute Gasteiger partial charge is 0.262 e. The molecule has 1 N–H and O–H groups in total. The fourth-order valence-electron chi connectivity index (χ4n) is 1.77. The SMILES string of the molecule is Cc1ccc(NC(=O)COc2ccccc2C)c(Cl)c1. The number of benzene rings is 2. The van der Waals surface area contributed by atoms with Crippen molar-refractivity contribution in [3.05, 3.63) is 58.6 Å². The quantitative estimate of drug-likeness (QED) is 0.925. The van der Waals surface area contributed by atoms with E-state index < -0.39 is 0 Å². The van der Waals surface area contributed by atoms with Crippen LogP contribution in [0.3, 0.4) is 0 Å². The van der Waals surface area contributed by atoms with Crippen LogP contribution in [0.1, 0.15) is 11.1 Å². The van der Waals surface area contributed by atoms with Crippen molar-refractivity contribution in [3.63, 3.8) is 0 Å². The van der Waals surface area contributed by atoms with E-state index in [-0.39, 0.29) is 12.5 Å². The Labute approximate surface area is 123 Å². The van der Waals surface area contributed by atoms with Gasteiger partial charge >= 0.3 is 0 Å². The van der Waals surface area contributed by atoms with Gasteiger partial charge < -0.3 is 10.1 Å². The van der Waals surface area contributed by atoms with E-state index in [4.69, 9.17) is 16.3 Å². The predicted octanol–water partition coefficient (Wildman–Crippen LogP) is 3.97. The van der Waals surface area contributed by atoms with Gasteiger partial charge in [0.05, 0.1) is 10.7 Å². The second kappa shape index (κ2) is 6.44. The second-order valence-electron chi connectivity index (χ2n) is 4.59. The van der Waals surface area contributed by atoms with Gasteiger partial charge in [-0.1, -0.05) is 35.9 Å². The molecule has 0 spiro atoms. The minimum atomic E-state index is -0.237. The molecule has 2 aromatic carbocycles. The summed E-state index contributed by atoms with van der Waals surface area (Å²) in [5, 5.41) is 3.25. The van der Waals surface area contributed by atoms with Gasteiger partial charge in [0.2, 0.25) is 0 Å². The van der Waals surface area contributed by atoms with Crippen LogP contribution in [0.5, 0.6) is 5.75 Å². The number of anilines is 1. The molecule has 104 valence electrons. The molecule has 0 aliphatic carbocycles. The lowest BCUT2D eigenvalue weighted by atomic mass is 10.2. The van der Waals surface area contributed by atoms with Crippen LogP contribution in [0.25, 0.3) is 0 Å². The standard InChI is InChI=1S/C16H16ClNO2/c1-11-7-8-14(13(17)9-11)18-16(19)10-20-15-6-4-3-5-12(15)2/h3-9H,10H2,1-2H3,(H,18,19). The fourth-order valence-corrected chi connectivity index (χ4v) is 2.05. The Morgan fingerprint density at radius 1 is 1.20 bits per heavy atom. The molecule has 0 atom stereocenters. The van der Waals surface area contributed by atoms with Gasteiger partial charge in [0.25, 0.3) is 5.91 Å². The summed E-state index contributed by atoms with van der Waals surface area (Å²) in [4.78, 5) is 11.8. The molecule has 0 radical (unpaired) electrons. The van der Waals surface area contributed by atoms with Crippen molar-refractivity contribution in [2.45, 2.75) is 13.8 Å². The Kier molecular flexibility index (Phi) is 4.64. The molecule has 0 bridgehead atoms. The van der Waals surface area contributed by atoms with Crippen molar-refractivity contribution in [2.24, 2.45) is 0 Å². The second-order valence-corrected chi connectivity index (χ2v) is 4.99. The van der Waals surface area contributed by atoms with Crippen LogP contribution >= 0.6 is 11.6 Å². The van der Waals surface area contributed by atoms with Gasteiger partial charge in [0, 0.05) is 0 Å². The Balaban J connectivity index is 1.94. The van der Waals surface area contributed by atoms with Gasteiger partial charge in [-0.2, -0.15) is 0 Å². The van der Waals surface area contributed by atoms with E-state index in [2.05, 4.69) is 5.32 Å². The maximum Gasteiger partial charge on any atom is 0.262 e. The number of hydrogen-bond donors (Lipinski definition) is 1. The molecule has 2 rings (SSSR count). The van der Waals surface area contributed by atoms with Crippen LogP contribution in [0.15, 0.2) is 42.5 Å². The molecule has 3 nitrogen and oxygen atoms in total. The minimum Gasteiger partial charge on any atom is -0.483 e. The molecule has 0 saturated heterocycles. The van der Waals surface area contributed by atoms with Gasteiger partial charge in [0.15, 0.2) is 6.61 Å². The molecule has 0 saturated carbocycles. The summed E-state index contributed by atoms with van der Waals surface area (Å²) in [6, 6.07) is 13.0. The van der Waals surface area contributed by atoms with Crippen molar-refractivity contribution >= 4 is 23.2 Å². The highest BCUT2D eigenvalue weighted by molar-refractivity contribution is 6.33. The predicted molar refractivity (Wildman–Crippen MR) is 81.5 cm³/mol. The Bertz CT molecular complexity index is 626. The lowest BCUT2D eigenvalue weighted by Gasteiger charge is -2.10. The van der Waals surface area contributed by atoms with E-state index >= 15 is 0 Å². The molecule has 4 heteroatoms. The monoisotopic (exact) mass is 289 g/mol. The zero-order valence-electron chi connectivity index (χ0n) is 11.4. The van der Waals surface area contributed by atoms with E-state index in [1.165, 1.54) is 0 Å². The molecular weight excluding hydrogens is 274 g/mol. The average Bonchev–Trinajstić information content (AvgIpc) is 2.41. The van der Waals surface area contributed by atoms with Crippen molar-refractivity contribution < 1.29 is 9.53 Å². The van der Waals surface area contributed by atoms with E-state index in [0.29, 0.717) is 16.5 Å². The van der Waals surface area contributed by atoms with Gasteiger partial charge in [-0.15, -0.1) is 0 Å². The molecule has 0 heterocycles. The number of nitrogens with one attached hydrogen (secondary N) is 1. The summed E-state index contributed by atoms with van der Waals surface area (Å²) in [6.45, 7) is 3.83. The maximum atomic E-state index is 11.8. The zero-order chi connectivity index (χ0) is 14.5. The van der Waals surface area contributed by atoms with E-state index in [1.54, 1.807) is 12.1 Å². The summed E-state index contributed by atoms with van der Waals surface area (Å²) in [6.07, 6.45) is 0. The molecule has 0 unspecified atom stereocenters. The molecule has 0 aromatic heterocycles. The van der Waals surface area contributed by atoms with Crippen LogP contribution in [0.2, 0.25) is 5.02 Å². The average molecular weight is 290 g/mol. The summed E-state index contributed by atoms with van der Waals surface area (Å²) in [5.41, 5.74) is 2.63. The number of halogens is 1. The maximum absolute atomic E-state index is 11.8. The van der Waals surface area contributed by atoms with Crippen molar-refractivity contribution in [1.82, 2.24) is 0 Å². The summed E-state index contributed by atoms with van der Waals surface area (Å²) >= 11 is 6.06. The number of carbonyl (C=O) groups is 1. The minimum absolute atomic E-state index is 0.0466. The normalized spacial score (nSPS) is 10.2.